The van der Waals surface area contributed by atoms with Crippen LogP contribution in [0.4, 0.5) is 0 Å². The predicted molar refractivity (Wildman–Crippen MR) is 145 cm³/mol. The fraction of sp³-hybridized carbons (Fsp3) is 0.643. The molecule has 0 aliphatic rings. The van der Waals surface area contributed by atoms with Crippen molar-refractivity contribution in [3.8, 4) is 0 Å². The summed E-state index contributed by atoms with van der Waals surface area (Å²) in [5, 5.41) is 0. The van der Waals surface area contributed by atoms with Gasteiger partial charge in [0.1, 0.15) is 6.33 Å². The maximum atomic E-state index is 12.6. The van der Waals surface area contributed by atoms with Gasteiger partial charge in [0, 0.05) is 20.0 Å². The lowest BCUT2D eigenvalue weighted by molar-refractivity contribution is -0.143. The predicted octanol–water partition coefficient (Wildman–Crippen LogP) is 5.32. The number of hydrogen-bond acceptors (Lipinski definition) is 5. The minimum Gasteiger partial charge on any atom is -0.334 e. The van der Waals surface area contributed by atoms with Crippen LogP contribution >= 0.6 is 0 Å². The average Bonchev–Trinajstić information content (AvgIpc) is 3.26. The lowest BCUT2D eigenvalue weighted by atomic mass is 10.1. The van der Waals surface area contributed by atoms with Crippen molar-refractivity contribution < 1.29 is 9.63 Å². The molecule has 0 saturated heterocycles. The van der Waals surface area contributed by atoms with Gasteiger partial charge in [-0.05, 0) is 44.4 Å². The lowest BCUT2D eigenvalue weighted by Gasteiger charge is -2.13. The fourth-order valence-corrected chi connectivity index (χ4v) is 4.07. The monoisotopic (exact) mass is 500 g/mol. The second-order valence-corrected chi connectivity index (χ2v) is 9.84. The first-order chi connectivity index (χ1) is 17.4. The number of hydrogen-bond donors (Lipinski definition) is 0. The molecule has 0 radical (unpaired) electrons. The summed E-state index contributed by atoms with van der Waals surface area (Å²) in [6.45, 7) is 6.56. The van der Waals surface area contributed by atoms with Gasteiger partial charge < -0.3 is 4.84 Å². The first kappa shape index (κ1) is 29.3. The van der Waals surface area contributed by atoms with E-state index in [1.165, 1.54) is 43.6 Å². The van der Waals surface area contributed by atoms with Gasteiger partial charge in [-0.1, -0.05) is 77.2 Å². The molecule has 0 aliphatic carbocycles. The zero-order valence-corrected chi connectivity index (χ0v) is 22.6. The number of unbranched alkanes of at least 4 members (excludes halogenated alkanes) is 8. The molecule has 200 valence electrons. The molecule has 0 aliphatic heterocycles. The summed E-state index contributed by atoms with van der Waals surface area (Å²) in [7, 11) is 1.43. The van der Waals surface area contributed by atoms with E-state index in [4.69, 9.17) is 4.84 Å². The van der Waals surface area contributed by atoms with Crippen molar-refractivity contribution in [3.63, 3.8) is 0 Å². The number of carbonyl (C=O) groups excluding carboxylic acids is 1. The van der Waals surface area contributed by atoms with Crippen molar-refractivity contribution in [1.82, 2.24) is 18.8 Å². The smallest absolute Gasteiger partial charge is 0.333 e. The van der Waals surface area contributed by atoms with Crippen LogP contribution in [-0.2, 0) is 18.4 Å². The van der Waals surface area contributed by atoms with Gasteiger partial charge in [-0.15, -0.1) is 4.73 Å². The van der Waals surface area contributed by atoms with Crippen molar-refractivity contribution in [1.29, 1.82) is 0 Å². The number of aromatic nitrogens is 4. The van der Waals surface area contributed by atoms with Gasteiger partial charge in [0.25, 0.3) is 5.56 Å². The summed E-state index contributed by atoms with van der Waals surface area (Å²) < 4.78 is 3.64. The number of nitrogens with zero attached hydrogens (tertiary/aromatic N) is 4. The standard InChI is InChI=1S/C28H44N4O4/c1-5-6-7-8-9-10-11-12-13-14-15-16-17-18-19-20-24(33)36-32-22-29-25-26(32)31(21-23(2)3)28(35)30(4)27(25)34/h9-10,12-13,22-23H,5-8,11,14-21H2,1-4H3/b10-9-,13-12-. The molecule has 2 aromatic heterocycles. The highest BCUT2D eigenvalue weighted by atomic mass is 16.7. The highest BCUT2D eigenvalue weighted by molar-refractivity contribution is 5.73. The lowest BCUT2D eigenvalue weighted by Crippen LogP contribution is -2.40. The van der Waals surface area contributed by atoms with Crippen molar-refractivity contribution in [2.45, 2.75) is 104 Å². The molecule has 2 rings (SSSR count). The molecular weight excluding hydrogens is 456 g/mol. The molecule has 0 aromatic carbocycles. The Morgan fingerprint density at radius 3 is 2.28 bits per heavy atom. The summed E-state index contributed by atoms with van der Waals surface area (Å²) in [4.78, 5) is 47.0. The molecule has 0 fully saturated rings. The molecule has 0 spiro atoms. The van der Waals surface area contributed by atoms with E-state index in [9.17, 15) is 14.4 Å². The number of allylic oxidation sites excluding steroid dienone is 4. The SMILES string of the molecule is CCCCC/C=C\C/C=C\CCCCCCCC(=O)On1cnc2c(=O)n(C)c(=O)n(CC(C)C)c21. The van der Waals surface area contributed by atoms with E-state index in [-0.39, 0.29) is 23.5 Å². The van der Waals surface area contributed by atoms with Gasteiger partial charge in [-0.25, -0.2) is 14.6 Å². The van der Waals surface area contributed by atoms with Crippen LogP contribution in [0.1, 0.15) is 97.8 Å². The Balaban J connectivity index is 1.71. The van der Waals surface area contributed by atoms with E-state index < -0.39 is 17.2 Å². The Bertz CT molecular complexity index is 1120. The van der Waals surface area contributed by atoms with Crippen molar-refractivity contribution in [2.24, 2.45) is 13.0 Å². The third kappa shape index (κ3) is 9.28. The van der Waals surface area contributed by atoms with E-state index >= 15 is 0 Å². The second-order valence-electron chi connectivity index (χ2n) is 9.84. The zero-order valence-electron chi connectivity index (χ0n) is 22.6. The molecule has 0 unspecified atom stereocenters. The van der Waals surface area contributed by atoms with Crippen LogP contribution in [0.15, 0.2) is 40.2 Å². The Morgan fingerprint density at radius 1 is 0.972 bits per heavy atom. The van der Waals surface area contributed by atoms with Gasteiger partial charge >= 0.3 is 11.7 Å². The first-order valence-corrected chi connectivity index (χ1v) is 13.5. The second kappa shape index (κ2) is 16.0. The normalized spacial score (nSPS) is 12.0. The molecule has 0 atom stereocenters. The molecule has 8 nitrogen and oxygen atoms in total. The average molecular weight is 501 g/mol. The number of fused-ring (bicyclic) bond motifs is 1. The van der Waals surface area contributed by atoms with Crippen molar-refractivity contribution in [3.05, 3.63) is 51.5 Å². The molecule has 2 heterocycles. The van der Waals surface area contributed by atoms with E-state index in [0.29, 0.717) is 6.54 Å². The van der Waals surface area contributed by atoms with E-state index in [1.807, 2.05) is 13.8 Å². The zero-order chi connectivity index (χ0) is 26.3. The topological polar surface area (TPSA) is 88.1 Å². The van der Waals surface area contributed by atoms with E-state index in [1.54, 1.807) is 0 Å². The maximum Gasteiger partial charge on any atom is 0.333 e. The minimum absolute atomic E-state index is 0.114. The number of imidazole rings is 1. The van der Waals surface area contributed by atoms with Crippen LogP contribution in [0.25, 0.3) is 11.2 Å². The fourth-order valence-electron chi connectivity index (χ4n) is 4.07. The quantitative estimate of drug-likeness (QED) is 0.217. The Labute approximate surface area is 214 Å². The van der Waals surface area contributed by atoms with Crippen LogP contribution in [0, 0.1) is 5.92 Å². The molecule has 36 heavy (non-hydrogen) atoms. The largest absolute Gasteiger partial charge is 0.334 e. The van der Waals surface area contributed by atoms with Crippen LogP contribution in [-0.4, -0.2) is 24.8 Å². The molecule has 2 aromatic rings. The summed E-state index contributed by atoms with van der Waals surface area (Å²) in [5.41, 5.74) is -0.612. The summed E-state index contributed by atoms with van der Waals surface area (Å²) in [5.74, 6) is -0.237. The van der Waals surface area contributed by atoms with Gasteiger partial charge in [0.2, 0.25) is 0 Å². The molecule has 8 heteroatoms. The van der Waals surface area contributed by atoms with E-state index in [2.05, 4.69) is 36.2 Å². The summed E-state index contributed by atoms with van der Waals surface area (Å²) >= 11 is 0. The first-order valence-electron chi connectivity index (χ1n) is 13.5. The maximum absolute atomic E-state index is 12.6. The highest BCUT2D eigenvalue weighted by Gasteiger charge is 2.19. The van der Waals surface area contributed by atoms with Gasteiger partial charge in [0.05, 0.1) is 0 Å². The number of rotatable bonds is 17. The highest BCUT2D eigenvalue weighted by Crippen LogP contribution is 2.11. The van der Waals surface area contributed by atoms with Crippen LogP contribution in [0.2, 0.25) is 0 Å². The third-order valence-electron chi connectivity index (χ3n) is 6.07. The molecular formula is C28H44N4O4. The Morgan fingerprint density at radius 2 is 1.61 bits per heavy atom. The van der Waals surface area contributed by atoms with Crippen molar-refractivity contribution in [2.75, 3.05) is 0 Å². The molecule has 0 bridgehead atoms. The Hall–Kier alpha value is -2.90. The third-order valence-corrected chi connectivity index (χ3v) is 6.07. The molecule has 0 saturated carbocycles. The molecule has 0 amide bonds. The Kier molecular flexibility index (Phi) is 13.0. The van der Waals surface area contributed by atoms with Gasteiger partial charge in [0.15, 0.2) is 11.2 Å². The number of carbonyl (C=O) groups is 1. The molecule has 0 N–H and O–H groups in total. The summed E-state index contributed by atoms with van der Waals surface area (Å²) in [6.07, 6.45) is 22.9. The van der Waals surface area contributed by atoms with Gasteiger partial charge in [-0.3, -0.25) is 13.9 Å². The minimum atomic E-state index is -0.501. The summed E-state index contributed by atoms with van der Waals surface area (Å²) in [6, 6.07) is 0. The van der Waals surface area contributed by atoms with Crippen molar-refractivity contribution >= 4 is 17.1 Å². The van der Waals surface area contributed by atoms with Crippen LogP contribution in [0.5, 0.6) is 0 Å². The van der Waals surface area contributed by atoms with E-state index in [0.717, 1.165) is 54.2 Å². The van der Waals surface area contributed by atoms with Gasteiger partial charge in [-0.2, -0.15) is 0 Å². The van der Waals surface area contributed by atoms with Crippen LogP contribution < -0.4 is 16.1 Å². The van der Waals surface area contributed by atoms with Crippen LogP contribution in [0.3, 0.4) is 0 Å².